The van der Waals surface area contributed by atoms with Gasteiger partial charge in [-0.25, -0.2) is 0 Å². The van der Waals surface area contributed by atoms with Crippen LogP contribution in [0.4, 0.5) is 0 Å². The number of rotatable bonds is 4. The molecule has 1 aromatic carbocycles. The molecule has 15 heavy (non-hydrogen) atoms. The first-order valence-electron chi connectivity index (χ1n) is 5.09. The van der Waals surface area contributed by atoms with Gasteiger partial charge in [0.2, 0.25) is 0 Å². The molecule has 3 heteroatoms. The van der Waals surface area contributed by atoms with Crippen LogP contribution in [0.15, 0.2) is 18.2 Å². The van der Waals surface area contributed by atoms with Gasteiger partial charge >= 0.3 is 0 Å². The maximum atomic E-state index is 11.2. The van der Waals surface area contributed by atoms with Crippen molar-refractivity contribution in [1.82, 2.24) is 0 Å². The highest BCUT2D eigenvalue weighted by molar-refractivity contribution is 6.31. The highest BCUT2D eigenvalue weighted by Gasteiger charge is 2.22. The van der Waals surface area contributed by atoms with E-state index in [4.69, 9.17) is 16.3 Å². The third-order valence-corrected chi connectivity index (χ3v) is 2.68. The third kappa shape index (κ3) is 2.96. The fourth-order valence-electron chi connectivity index (χ4n) is 1.35. The standard InChI is InChI=1S/C12H13ClO2/c1-8(14)10-4-11(13)6-12(5-10)15-7-9-2-3-9/h4-6,9H,2-3,7H2,1H3. The van der Waals surface area contributed by atoms with Crippen LogP contribution in [0.25, 0.3) is 0 Å². The Morgan fingerprint density at radius 3 is 2.80 bits per heavy atom. The van der Waals surface area contributed by atoms with Crippen molar-refractivity contribution in [3.05, 3.63) is 28.8 Å². The lowest BCUT2D eigenvalue weighted by Crippen LogP contribution is -2.00. The molecule has 80 valence electrons. The molecule has 0 atom stereocenters. The zero-order valence-corrected chi connectivity index (χ0v) is 9.38. The zero-order chi connectivity index (χ0) is 10.8. The van der Waals surface area contributed by atoms with Crippen molar-refractivity contribution in [2.45, 2.75) is 19.8 Å². The van der Waals surface area contributed by atoms with Crippen molar-refractivity contribution in [3.8, 4) is 5.75 Å². The first-order valence-corrected chi connectivity index (χ1v) is 5.47. The number of Topliss-reactive ketones (excluding diaryl/α,β-unsaturated/α-hetero) is 1. The van der Waals surface area contributed by atoms with Crippen molar-refractivity contribution in [1.29, 1.82) is 0 Å². The Morgan fingerprint density at radius 2 is 2.20 bits per heavy atom. The smallest absolute Gasteiger partial charge is 0.159 e. The molecule has 1 aliphatic rings. The van der Waals surface area contributed by atoms with Crippen molar-refractivity contribution in [2.75, 3.05) is 6.61 Å². The topological polar surface area (TPSA) is 26.3 Å². The number of hydrogen-bond donors (Lipinski definition) is 0. The molecule has 0 N–H and O–H groups in total. The summed E-state index contributed by atoms with van der Waals surface area (Å²) in [6.45, 7) is 2.26. The fourth-order valence-corrected chi connectivity index (χ4v) is 1.57. The molecule has 2 rings (SSSR count). The Labute approximate surface area is 94.2 Å². The van der Waals surface area contributed by atoms with E-state index >= 15 is 0 Å². The summed E-state index contributed by atoms with van der Waals surface area (Å²) in [7, 11) is 0. The average Bonchev–Trinajstić information content (AvgIpc) is 2.97. The van der Waals surface area contributed by atoms with Crippen molar-refractivity contribution < 1.29 is 9.53 Å². The summed E-state index contributed by atoms with van der Waals surface area (Å²) in [6, 6.07) is 5.15. The lowest BCUT2D eigenvalue weighted by molar-refractivity contribution is 0.101. The van der Waals surface area contributed by atoms with Crippen molar-refractivity contribution in [3.63, 3.8) is 0 Å². The number of carbonyl (C=O) groups is 1. The van der Waals surface area contributed by atoms with Crippen molar-refractivity contribution in [2.24, 2.45) is 5.92 Å². The first kappa shape index (κ1) is 10.5. The van der Waals surface area contributed by atoms with Crippen LogP contribution in [-0.4, -0.2) is 12.4 Å². The number of benzene rings is 1. The van der Waals surface area contributed by atoms with E-state index < -0.39 is 0 Å². The maximum Gasteiger partial charge on any atom is 0.159 e. The lowest BCUT2D eigenvalue weighted by Gasteiger charge is -2.07. The van der Waals surface area contributed by atoms with E-state index in [0.29, 0.717) is 22.3 Å². The fraction of sp³-hybridized carbons (Fsp3) is 0.417. The quantitative estimate of drug-likeness (QED) is 0.734. The Bertz CT molecular complexity index is 383. The summed E-state index contributed by atoms with van der Waals surface area (Å²) in [5.74, 6) is 1.40. The molecule has 0 unspecified atom stereocenters. The molecular weight excluding hydrogens is 212 g/mol. The number of halogens is 1. The largest absolute Gasteiger partial charge is 0.493 e. The van der Waals surface area contributed by atoms with Crippen LogP contribution in [-0.2, 0) is 0 Å². The van der Waals surface area contributed by atoms with Crippen LogP contribution >= 0.6 is 11.6 Å². The van der Waals surface area contributed by atoms with Gasteiger partial charge in [-0.1, -0.05) is 11.6 Å². The second-order valence-corrected chi connectivity index (χ2v) is 4.42. The predicted molar refractivity (Wildman–Crippen MR) is 59.7 cm³/mol. The van der Waals surface area contributed by atoms with Crippen LogP contribution in [0.3, 0.4) is 0 Å². The van der Waals surface area contributed by atoms with Gasteiger partial charge in [0.25, 0.3) is 0 Å². The molecule has 1 fully saturated rings. The molecule has 0 heterocycles. The minimum absolute atomic E-state index is 0.00812. The van der Waals surface area contributed by atoms with Gasteiger partial charge in [-0.15, -0.1) is 0 Å². The second-order valence-electron chi connectivity index (χ2n) is 3.99. The highest BCUT2D eigenvalue weighted by atomic mass is 35.5. The molecule has 0 saturated heterocycles. The van der Waals surface area contributed by atoms with Gasteiger partial charge in [-0.05, 0) is 43.9 Å². The van der Waals surface area contributed by atoms with Gasteiger partial charge in [0.05, 0.1) is 6.61 Å². The molecule has 0 aliphatic heterocycles. The Balaban J connectivity index is 2.10. The molecule has 0 spiro atoms. The maximum absolute atomic E-state index is 11.2. The SMILES string of the molecule is CC(=O)c1cc(Cl)cc(OCC2CC2)c1. The summed E-state index contributed by atoms with van der Waals surface area (Å²) < 4.78 is 5.56. The van der Waals surface area contributed by atoms with E-state index in [1.165, 1.54) is 19.8 Å². The van der Waals surface area contributed by atoms with Crippen LogP contribution in [0.2, 0.25) is 5.02 Å². The van der Waals surface area contributed by atoms with Crippen LogP contribution in [0.1, 0.15) is 30.1 Å². The third-order valence-electron chi connectivity index (χ3n) is 2.46. The number of hydrogen-bond acceptors (Lipinski definition) is 2. The molecule has 0 amide bonds. The normalized spacial score (nSPS) is 15.1. The Hall–Kier alpha value is -1.02. The predicted octanol–water partition coefficient (Wildman–Crippen LogP) is 3.33. The highest BCUT2D eigenvalue weighted by Crippen LogP contribution is 2.30. The Morgan fingerprint density at radius 1 is 1.47 bits per heavy atom. The van der Waals surface area contributed by atoms with E-state index in [1.54, 1.807) is 18.2 Å². The summed E-state index contributed by atoms with van der Waals surface area (Å²) in [5, 5.41) is 0.550. The van der Waals surface area contributed by atoms with E-state index in [-0.39, 0.29) is 5.78 Å². The van der Waals surface area contributed by atoms with E-state index in [2.05, 4.69) is 0 Å². The molecule has 0 bridgehead atoms. The summed E-state index contributed by atoms with van der Waals surface area (Å²) in [4.78, 5) is 11.2. The summed E-state index contributed by atoms with van der Waals surface area (Å²) in [6.07, 6.45) is 2.50. The molecule has 1 aromatic rings. The van der Waals surface area contributed by atoms with Gasteiger partial charge in [0.1, 0.15) is 5.75 Å². The minimum Gasteiger partial charge on any atom is -0.493 e. The van der Waals surface area contributed by atoms with Crippen LogP contribution < -0.4 is 4.74 Å². The zero-order valence-electron chi connectivity index (χ0n) is 8.63. The van der Waals surface area contributed by atoms with Crippen LogP contribution in [0, 0.1) is 5.92 Å². The van der Waals surface area contributed by atoms with E-state index in [0.717, 1.165) is 6.61 Å². The first-order chi connectivity index (χ1) is 7.15. The molecule has 0 aromatic heterocycles. The molecular formula is C12H13ClO2. The van der Waals surface area contributed by atoms with E-state index in [1.807, 2.05) is 0 Å². The monoisotopic (exact) mass is 224 g/mol. The van der Waals surface area contributed by atoms with Gasteiger partial charge < -0.3 is 4.74 Å². The molecule has 0 radical (unpaired) electrons. The summed E-state index contributed by atoms with van der Waals surface area (Å²) >= 11 is 5.89. The van der Waals surface area contributed by atoms with Gasteiger partial charge in [-0.3, -0.25) is 4.79 Å². The number of ether oxygens (including phenoxy) is 1. The minimum atomic E-state index is 0.00812. The van der Waals surface area contributed by atoms with Gasteiger partial charge in [0.15, 0.2) is 5.78 Å². The number of ketones is 1. The van der Waals surface area contributed by atoms with Gasteiger partial charge in [0, 0.05) is 10.6 Å². The molecule has 2 nitrogen and oxygen atoms in total. The second kappa shape index (κ2) is 4.23. The van der Waals surface area contributed by atoms with E-state index in [9.17, 15) is 4.79 Å². The summed E-state index contributed by atoms with van der Waals surface area (Å²) in [5.41, 5.74) is 0.605. The molecule has 1 aliphatic carbocycles. The van der Waals surface area contributed by atoms with Crippen LogP contribution in [0.5, 0.6) is 5.75 Å². The Kier molecular flexibility index (Phi) is 2.96. The van der Waals surface area contributed by atoms with Gasteiger partial charge in [-0.2, -0.15) is 0 Å². The van der Waals surface area contributed by atoms with Crippen molar-refractivity contribution >= 4 is 17.4 Å². The number of carbonyl (C=O) groups excluding carboxylic acids is 1. The molecule has 1 saturated carbocycles. The lowest BCUT2D eigenvalue weighted by atomic mass is 10.1. The average molecular weight is 225 g/mol.